The standard InChI is InChI=1S/C15H19N3OS/c1-3-8-13-17-18-15(20-13)16-14(19)12(4-2)11-9-6-5-7-10-11/h5-7,9-10,12H,3-4,8H2,1-2H3,(H,16,18,19). The topological polar surface area (TPSA) is 54.9 Å². The second-order valence-corrected chi connectivity index (χ2v) is 5.67. The Balaban J connectivity index is 2.05. The average Bonchev–Trinajstić information content (AvgIpc) is 2.88. The molecule has 0 saturated heterocycles. The normalized spacial score (nSPS) is 12.1. The van der Waals surface area contributed by atoms with Gasteiger partial charge in [0, 0.05) is 6.42 Å². The summed E-state index contributed by atoms with van der Waals surface area (Å²) in [7, 11) is 0. The molecule has 2 rings (SSSR count). The van der Waals surface area contributed by atoms with Crippen molar-refractivity contribution in [2.75, 3.05) is 5.32 Å². The number of nitrogens with one attached hydrogen (secondary N) is 1. The van der Waals surface area contributed by atoms with Crippen molar-refractivity contribution in [3.8, 4) is 0 Å². The molecule has 1 amide bonds. The highest BCUT2D eigenvalue weighted by atomic mass is 32.1. The van der Waals surface area contributed by atoms with Crippen LogP contribution in [-0.2, 0) is 11.2 Å². The van der Waals surface area contributed by atoms with Crippen molar-refractivity contribution in [3.63, 3.8) is 0 Å². The molecular weight excluding hydrogens is 270 g/mol. The van der Waals surface area contributed by atoms with E-state index in [0.29, 0.717) is 5.13 Å². The monoisotopic (exact) mass is 289 g/mol. The van der Waals surface area contributed by atoms with E-state index in [4.69, 9.17) is 0 Å². The van der Waals surface area contributed by atoms with Crippen molar-refractivity contribution in [1.29, 1.82) is 0 Å². The van der Waals surface area contributed by atoms with Crippen LogP contribution in [0.15, 0.2) is 30.3 Å². The molecular formula is C15H19N3OS. The second kappa shape index (κ2) is 7.14. The van der Waals surface area contributed by atoms with E-state index in [2.05, 4.69) is 22.4 Å². The number of hydrogen-bond donors (Lipinski definition) is 1. The number of carbonyl (C=O) groups excluding carboxylic acids is 1. The van der Waals surface area contributed by atoms with Gasteiger partial charge in [-0.2, -0.15) is 0 Å². The first-order chi connectivity index (χ1) is 9.74. The first-order valence-corrected chi connectivity index (χ1v) is 7.74. The molecule has 0 aliphatic heterocycles. The fourth-order valence-electron chi connectivity index (χ4n) is 2.07. The van der Waals surface area contributed by atoms with E-state index in [1.165, 1.54) is 11.3 Å². The highest BCUT2D eigenvalue weighted by molar-refractivity contribution is 7.15. The molecule has 5 heteroatoms. The lowest BCUT2D eigenvalue weighted by atomic mass is 9.96. The third kappa shape index (κ3) is 3.63. The smallest absolute Gasteiger partial charge is 0.233 e. The summed E-state index contributed by atoms with van der Waals surface area (Å²) < 4.78 is 0. The molecule has 1 aromatic carbocycles. The van der Waals surface area contributed by atoms with E-state index >= 15 is 0 Å². The second-order valence-electron chi connectivity index (χ2n) is 4.61. The molecule has 1 aromatic heterocycles. The van der Waals surface area contributed by atoms with Crippen LogP contribution >= 0.6 is 11.3 Å². The lowest BCUT2D eigenvalue weighted by molar-refractivity contribution is -0.117. The zero-order chi connectivity index (χ0) is 14.4. The summed E-state index contributed by atoms with van der Waals surface area (Å²) in [6, 6.07) is 9.83. The molecule has 1 heterocycles. The van der Waals surface area contributed by atoms with Crippen molar-refractivity contribution in [2.45, 2.75) is 39.0 Å². The van der Waals surface area contributed by atoms with E-state index in [1.54, 1.807) is 0 Å². The summed E-state index contributed by atoms with van der Waals surface area (Å²) >= 11 is 1.45. The quantitative estimate of drug-likeness (QED) is 0.883. The Kier molecular flexibility index (Phi) is 5.24. The van der Waals surface area contributed by atoms with Gasteiger partial charge in [-0.05, 0) is 18.4 Å². The Morgan fingerprint density at radius 3 is 2.65 bits per heavy atom. The number of aromatic nitrogens is 2. The Morgan fingerprint density at radius 2 is 2.00 bits per heavy atom. The lowest BCUT2D eigenvalue weighted by Crippen LogP contribution is -2.20. The van der Waals surface area contributed by atoms with Crippen LogP contribution in [0.25, 0.3) is 0 Å². The fourth-order valence-corrected chi connectivity index (χ4v) is 2.91. The largest absolute Gasteiger partial charge is 0.300 e. The van der Waals surface area contributed by atoms with Crippen LogP contribution < -0.4 is 5.32 Å². The molecule has 1 unspecified atom stereocenters. The first-order valence-electron chi connectivity index (χ1n) is 6.92. The van der Waals surface area contributed by atoms with E-state index in [0.717, 1.165) is 29.8 Å². The molecule has 4 nitrogen and oxygen atoms in total. The van der Waals surface area contributed by atoms with E-state index in [-0.39, 0.29) is 11.8 Å². The van der Waals surface area contributed by atoms with Gasteiger partial charge in [0.1, 0.15) is 5.01 Å². The van der Waals surface area contributed by atoms with Crippen LogP contribution in [0.1, 0.15) is 43.2 Å². The minimum Gasteiger partial charge on any atom is -0.300 e. The molecule has 1 N–H and O–H groups in total. The Labute approximate surface area is 123 Å². The van der Waals surface area contributed by atoms with Gasteiger partial charge < -0.3 is 0 Å². The molecule has 0 fully saturated rings. The Morgan fingerprint density at radius 1 is 1.25 bits per heavy atom. The van der Waals surface area contributed by atoms with Gasteiger partial charge in [-0.15, -0.1) is 10.2 Å². The zero-order valence-electron chi connectivity index (χ0n) is 11.8. The summed E-state index contributed by atoms with van der Waals surface area (Å²) in [5.41, 5.74) is 1.03. The predicted molar refractivity (Wildman–Crippen MR) is 82.0 cm³/mol. The summed E-state index contributed by atoms with van der Waals surface area (Å²) in [6.45, 7) is 4.11. The van der Waals surface area contributed by atoms with Crippen LogP contribution in [0.4, 0.5) is 5.13 Å². The van der Waals surface area contributed by atoms with Crippen LogP contribution in [0.2, 0.25) is 0 Å². The SMILES string of the molecule is CCCc1nnc(NC(=O)C(CC)c2ccccc2)s1. The Bertz CT molecular complexity index is 553. The van der Waals surface area contributed by atoms with Gasteiger partial charge in [-0.1, -0.05) is 55.5 Å². The molecule has 1 atom stereocenters. The number of hydrogen-bond acceptors (Lipinski definition) is 4. The molecule has 0 saturated carbocycles. The summed E-state index contributed by atoms with van der Waals surface area (Å²) in [4.78, 5) is 12.3. The third-order valence-corrected chi connectivity index (χ3v) is 3.99. The van der Waals surface area contributed by atoms with E-state index in [9.17, 15) is 4.79 Å². The number of amides is 1. The average molecular weight is 289 g/mol. The predicted octanol–water partition coefficient (Wildman–Crippen LogP) is 3.62. The number of rotatable bonds is 6. The minimum absolute atomic E-state index is 0.0158. The molecule has 0 bridgehead atoms. The van der Waals surface area contributed by atoms with Crippen molar-refractivity contribution < 1.29 is 4.79 Å². The van der Waals surface area contributed by atoms with Gasteiger partial charge in [-0.25, -0.2) is 0 Å². The maximum Gasteiger partial charge on any atom is 0.233 e. The van der Waals surface area contributed by atoms with Gasteiger partial charge in [0.15, 0.2) is 0 Å². The molecule has 0 spiro atoms. The summed E-state index contributed by atoms with van der Waals surface area (Å²) in [5.74, 6) is -0.160. The molecule has 0 aliphatic carbocycles. The van der Waals surface area contributed by atoms with Crippen molar-refractivity contribution in [3.05, 3.63) is 40.9 Å². The van der Waals surface area contributed by atoms with Crippen molar-refractivity contribution >= 4 is 22.4 Å². The molecule has 0 aliphatic rings. The van der Waals surface area contributed by atoms with E-state index < -0.39 is 0 Å². The number of nitrogens with zero attached hydrogens (tertiary/aromatic N) is 2. The highest BCUT2D eigenvalue weighted by Crippen LogP contribution is 2.23. The van der Waals surface area contributed by atoms with Crippen molar-refractivity contribution in [2.24, 2.45) is 0 Å². The first kappa shape index (κ1) is 14.7. The number of benzene rings is 1. The number of anilines is 1. The maximum absolute atomic E-state index is 12.3. The van der Waals surface area contributed by atoms with Crippen LogP contribution in [0.3, 0.4) is 0 Å². The molecule has 20 heavy (non-hydrogen) atoms. The third-order valence-electron chi connectivity index (χ3n) is 3.09. The molecule has 0 radical (unpaired) electrons. The van der Waals surface area contributed by atoms with Crippen LogP contribution in [-0.4, -0.2) is 16.1 Å². The van der Waals surface area contributed by atoms with Gasteiger partial charge in [0.05, 0.1) is 5.92 Å². The number of carbonyl (C=O) groups is 1. The highest BCUT2D eigenvalue weighted by Gasteiger charge is 2.19. The van der Waals surface area contributed by atoms with Gasteiger partial charge in [-0.3, -0.25) is 10.1 Å². The number of aryl methyl sites for hydroxylation is 1. The van der Waals surface area contributed by atoms with Gasteiger partial charge in [0.25, 0.3) is 0 Å². The zero-order valence-corrected chi connectivity index (χ0v) is 12.6. The van der Waals surface area contributed by atoms with Crippen molar-refractivity contribution in [1.82, 2.24) is 10.2 Å². The van der Waals surface area contributed by atoms with Crippen LogP contribution in [0.5, 0.6) is 0 Å². The maximum atomic E-state index is 12.3. The lowest BCUT2D eigenvalue weighted by Gasteiger charge is -2.13. The molecule has 106 valence electrons. The Hall–Kier alpha value is -1.75. The summed E-state index contributed by atoms with van der Waals surface area (Å²) in [5, 5.41) is 12.5. The molecule has 2 aromatic rings. The van der Waals surface area contributed by atoms with E-state index in [1.807, 2.05) is 37.3 Å². The minimum atomic E-state index is -0.144. The van der Waals surface area contributed by atoms with Gasteiger partial charge in [0.2, 0.25) is 11.0 Å². The summed E-state index contributed by atoms with van der Waals surface area (Å²) in [6.07, 6.45) is 2.70. The van der Waals surface area contributed by atoms with Crippen LogP contribution in [0, 0.1) is 0 Å². The fraction of sp³-hybridized carbons (Fsp3) is 0.400. The van der Waals surface area contributed by atoms with Gasteiger partial charge >= 0.3 is 0 Å².